The number of aliphatic hydroxyl groups is 1. The monoisotopic (exact) mass is 389 g/mol. The first-order chi connectivity index (χ1) is 13.9. The van der Waals surface area contributed by atoms with Crippen LogP contribution in [-0.4, -0.2) is 35.8 Å². The second kappa shape index (κ2) is 7.52. The lowest BCUT2D eigenvalue weighted by Gasteiger charge is -2.16. The van der Waals surface area contributed by atoms with Gasteiger partial charge in [-0.1, -0.05) is 12.1 Å². The SMILES string of the molecule is CC(C)(O)Cn1cc(-c2ccc(C(=O)NCc3ccn4ccnc4c3)cc2)cn1. The predicted octanol–water partition coefficient (Wildman–Crippen LogP) is 2.90. The number of pyridine rings is 1. The molecule has 2 N–H and O–H groups in total. The normalized spacial score (nSPS) is 11.7. The molecule has 0 saturated carbocycles. The average molecular weight is 389 g/mol. The lowest BCUT2D eigenvalue weighted by atomic mass is 10.1. The molecular weight excluding hydrogens is 366 g/mol. The summed E-state index contributed by atoms with van der Waals surface area (Å²) in [6.07, 6.45) is 9.20. The van der Waals surface area contributed by atoms with Crippen LogP contribution in [-0.2, 0) is 13.1 Å². The molecule has 0 radical (unpaired) electrons. The van der Waals surface area contributed by atoms with Gasteiger partial charge in [-0.2, -0.15) is 5.10 Å². The molecule has 0 spiro atoms. The van der Waals surface area contributed by atoms with Gasteiger partial charge in [-0.3, -0.25) is 9.48 Å². The molecule has 4 rings (SSSR count). The zero-order chi connectivity index (χ0) is 20.4. The predicted molar refractivity (Wildman–Crippen MR) is 110 cm³/mol. The van der Waals surface area contributed by atoms with E-state index in [-0.39, 0.29) is 5.91 Å². The van der Waals surface area contributed by atoms with Crippen molar-refractivity contribution in [1.29, 1.82) is 0 Å². The summed E-state index contributed by atoms with van der Waals surface area (Å²) < 4.78 is 3.64. The van der Waals surface area contributed by atoms with Crippen LogP contribution in [0.4, 0.5) is 0 Å². The molecule has 0 unspecified atom stereocenters. The van der Waals surface area contributed by atoms with Crippen molar-refractivity contribution >= 4 is 11.6 Å². The Morgan fingerprint density at radius 3 is 2.69 bits per heavy atom. The van der Waals surface area contributed by atoms with Gasteiger partial charge in [0.05, 0.1) is 18.3 Å². The summed E-state index contributed by atoms with van der Waals surface area (Å²) in [5.74, 6) is -0.127. The number of fused-ring (bicyclic) bond motifs is 1. The van der Waals surface area contributed by atoms with Crippen LogP contribution >= 0.6 is 0 Å². The number of hydrogen-bond donors (Lipinski definition) is 2. The van der Waals surface area contributed by atoms with Crippen LogP contribution in [0.15, 0.2) is 67.4 Å². The van der Waals surface area contributed by atoms with Crippen molar-refractivity contribution in [3.63, 3.8) is 0 Å². The Kier molecular flexibility index (Phi) is 4.90. The fraction of sp³-hybridized carbons (Fsp3) is 0.227. The van der Waals surface area contributed by atoms with E-state index in [1.165, 1.54) is 0 Å². The van der Waals surface area contributed by atoms with Gasteiger partial charge in [0.1, 0.15) is 5.65 Å². The van der Waals surface area contributed by atoms with Crippen LogP contribution in [0, 0.1) is 0 Å². The number of aromatic nitrogens is 4. The molecule has 7 heteroatoms. The van der Waals surface area contributed by atoms with Crippen LogP contribution in [0.25, 0.3) is 16.8 Å². The van der Waals surface area contributed by atoms with E-state index in [0.717, 1.165) is 22.3 Å². The van der Waals surface area contributed by atoms with Crippen LogP contribution < -0.4 is 5.32 Å². The molecule has 0 atom stereocenters. The van der Waals surface area contributed by atoms with E-state index in [0.29, 0.717) is 18.7 Å². The molecule has 148 valence electrons. The molecule has 7 nitrogen and oxygen atoms in total. The number of imidazole rings is 1. The summed E-state index contributed by atoms with van der Waals surface area (Å²) in [4.78, 5) is 16.7. The molecule has 0 bridgehead atoms. The Balaban J connectivity index is 1.40. The standard InChI is InChI=1S/C22H23N5O2/c1-22(2,29)15-27-14-19(13-25-27)17-3-5-18(6-4-17)21(28)24-12-16-7-9-26-10-8-23-20(26)11-16/h3-11,13-14,29H,12,15H2,1-2H3,(H,24,28). The molecule has 29 heavy (non-hydrogen) atoms. The van der Waals surface area contributed by atoms with E-state index in [1.54, 1.807) is 43.1 Å². The zero-order valence-corrected chi connectivity index (χ0v) is 16.4. The van der Waals surface area contributed by atoms with Crippen LogP contribution in [0.5, 0.6) is 0 Å². The van der Waals surface area contributed by atoms with E-state index in [1.807, 2.05) is 47.3 Å². The number of amides is 1. The highest BCUT2D eigenvalue weighted by atomic mass is 16.3. The zero-order valence-electron chi connectivity index (χ0n) is 16.4. The molecule has 0 aliphatic carbocycles. The number of nitrogens with zero attached hydrogens (tertiary/aromatic N) is 4. The fourth-order valence-corrected chi connectivity index (χ4v) is 3.16. The maximum absolute atomic E-state index is 12.5. The Morgan fingerprint density at radius 1 is 1.14 bits per heavy atom. The van der Waals surface area contributed by atoms with Crippen molar-refractivity contribution in [3.8, 4) is 11.1 Å². The van der Waals surface area contributed by atoms with Gasteiger partial charge in [0.2, 0.25) is 0 Å². The molecule has 0 aliphatic heterocycles. The second-order valence-corrected chi connectivity index (χ2v) is 7.73. The molecule has 0 aliphatic rings. The molecular formula is C22H23N5O2. The molecule has 1 aromatic carbocycles. The molecule has 0 saturated heterocycles. The van der Waals surface area contributed by atoms with Gasteiger partial charge in [0, 0.05) is 42.5 Å². The first kappa shape index (κ1) is 18.9. The van der Waals surface area contributed by atoms with Crippen molar-refractivity contribution < 1.29 is 9.90 Å². The number of hydrogen-bond acceptors (Lipinski definition) is 4. The van der Waals surface area contributed by atoms with Gasteiger partial charge in [-0.25, -0.2) is 4.98 Å². The molecule has 0 fully saturated rings. The number of carbonyl (C=O) groups excluding carboxylic acids is 1. The minimum absolute atomic E-state index is 0.127. The maximum Gasteiger partial charge on any atom is 0.251 e. The fourth-order valence-electron chi connectivity index (χ4n) is 3.16. The first-order valence-electron chi connectivity index (χ1n) is 9.42. The Labute approximate surface area is 168 Å². The van der Waals surface area contributed by atoms with E-state index in [9.17, 15) is 9.90 Å². The van der Waals surface area contributed by atoms with Gasteiger partial charge >= 0.3 is 0 Å². The average Bonchev–Trinajstić information content (AvgIpc) is 3.33. The van der Waals surface area contributed by atoms with Crippen molar-refractivity contribution in [2.75, 3.05) is 0 Å². The van der Waals surface area contributed by atoms with Crippen molar-refractivity contribution in [2.45, 2.75) is 32.5 Å². The van der Waals surface area contributed by atoms with Gasteiger partial charge in [0.15, 0.2) is 0 Å². The summed E-state index contributed by atoms with van der Waals surface area (Å²) in [5, 5.41) is 17.1. The number of rotatable bonds is 6. The number of carbonyl (C=O) groups is 1. The summed E-state index contributed by atoms with van der Waals surface area (Å²) in [5.41, 5.74) is 3.52. The Hall–Kier alpha value is -3.45. The number of nitrogens with one attached hydrogen (secondary N) is 1. The minimum atomic E-state index is -0.826. The summed E-state index contributed by atoms with van der Waals surface area (Å²) in [6.45, 7) is 4.34. The summed E-state index contributed by atoms with van der Waals surface area (Å²) >= 11 is 0. The second-order valence-electron chi connectivity index (χ2n) is 7.73. The lowest BCUT2D eigenvalue weighted by molar-refractivity contribution is 0.0577. The summed E-state index contributed by atoms with van der Waals surface area (Å²) in [6, 6.07) is 11.3. The van der Waals surface area contributed by atoms with E-state index >= 15 is 0 Å². The van der Waals surface area contributed by atoms with Crippen LogP contribution in [0.2, 0.25) is 0 Å². The smallest absolute Gasteiger partial charge is 0.251 e. The topological polar surface area (TPSA) is 84.5 Å². The van der Waals surface area contributed by atoms with E-state index in [2.05, 4.69) is 15.4 Å². The highest BCUT2D eigenvalue weighted by molar-refractivity contribution is 5.94. The van der Waals surface area contributed by atoms with Crippen LogP contribution in [0.1, 0.15) is 29.8 Å². The van der Waals surface area contributed by atoms with Gasteiger partial charge in [0.25, 0.3) is 5.91 Å². The van der Waals surface area contributed by atoms with E-state index in [4.69, 9.17) is 0 Å². The molecule has 4 aromatic rings. The first-order valence-corrected chi connectivity index (χ1v) is 9.42. The highest BCUT2D eigenvalue weighted by Crippen LogP contribution is 2.20. The number of benzene rings is 1. The third-order valence-electron chi connectivity index (χ3n) is 4.58. The third kappa shape index (κ3) is 4.52. The van der Waals surface area contributed by atoms with Gasteiger partial charge < -0.3 is 14.8 Å². The van der Waals surface area contributed by atoms with Crippen molar-refractivity contribution in [1.82, 2.24) is 24.5 Å². The maximum atomic E-state index is 12.5. The van der Waals surface area contributed by atoms with Crippen LogP contribution in [0.3, 0.4) is 0 Å². The molecule has 1 amide bonds. The largest absolute Gasteiger partial charge is 0.389 e. The quantitative estimate of drug-likeness (QED) is 0.531. The van der Waals surface area contributed by atoms with Crippen molar-refractivity contribution in [2.24, 2.45) is 0 Å². The third-order valence-corrected chi connectivity index (χ3v) is 4.58. The lowest BCUT2D eigenvalue weighted by Crippen LogP contribution is -2.26. The Morgan fingerprint density at radius 2 is 1.93 bits per heavy atom. The minimum Gasteiger partial charge on any atom is -0.389 e. The van der Waals surface area contributed by atoms with E-state index < -0.39 is 5.60 Å². The van der Waals surface area contributed by atoms with Crippen molar-refractivity contribution in [3.05, 3.63) is 78.5 Å². The molecule has 3 aromatic heterocycles. The summed E-state index contributed by atoms with van der Waals surface area (Å²) in [7, 11) is 0. The highest BCUT2D eigenvalue weighted by Gasteiger charge is 2.14. The Bertz CT molecular complexity index is 1140. The molecule has 3 heterocycles. The van der Waals surface area contributed by atoms with Gasteiger partial charge in [-0.05, 0) is 49.2 Å². The van der Waals surface area contributed by atoms with Gasteiger partial charge in [-0.15, -0.1) is 0 Å².